The first-order valence-electron chi connectivity index (χ1n) is 9.43. The summed E-state index contributed by atoms with van der Waals surface area (Å²) in [4.78, 5) is 23.5. The lowest BCUT2D eigenvalue weighted by atomic mass is 9.48. The number of nitro groups is 1. The van der Waals surface area contributed by atoms with E-state index in [9.17, 15) is 14.9 Å². The highest BCUT2D eigenvalue weighted by atomic mass is 16.6. The summed E-state index contributed by atoms with van der Waals surface area (Å²) in [5.74, 6) is 2.34. The van der Waals surface area contributed by atoms with Crippen molar-refractivity contribution >= 4 is 11.6 Å². The topological polar surface area (TPSA) is 72.2 Å². The lowest BCUT2D eigenvalue weighted by Gasteiger charge is -2.59. The largest absolute Gasteiger partial charge is 0.349 e. The number of nitrogens with one attached hydrogen (secondary N) is 1. The molecule has 1 unspecified atom stereocenters. The van der Waals surface area contributed by atoms with E-state index >= 15 is 0 Å². The van der Waals surface area contributed by atoms with E-state index in [1.807, 2.05) is 0 Å². The second-order valence-electron chi connectivity index (χ2n) is 8.68. The SMILES string of the molecule is Cc1c(C(=O)NC(C)C23CC4CC(CC(C4)C2)C3)cccc1[N+](=O)[O-]. The van der Waals surface area contributed by atoms with E-state index < -0.39 is 4.92 Å². The highest BCUT2D eigenvalue weighted by molar-refractivity contribution is 5.96. The first-order chi connectivity index (χ1) is 11.9. The Labute approximate surface area is 148 Å². The molecule has 4 aliphatic carbocycles. The van der Waals surface area contributed by atoms with Crippen LogP contribution in [0.5, 0.6) is 0 Å². The fourth-order valence-electron chi connectivity index (χ4n) is 6.20. The van der Waals surface area contributed by atoms with Crippen molar-refractivity contribution < 1.29 is 9.72 Å². The molecule has 0 aliphatic heterocycles. The van der Waals surface area contributed by atoms with Gasteiger partial charge in [-0.3, -0.25) is 14.9 Å². The van der Waals surface area contributed by atoms with Crippen LogP contribution in [0.25, 0.3) is 0 Å². The summed E-state index contributed by atoms with van der Waals surface area (Å²) in [7, 11) is 0. The van der Waals surface area contributed by atoms with Crippen LogP contribution < -0.4 is 5.32 Å². The van der Waals surface area contributed by atoms with Crippen molar-refractivity contribution in [3.63, 3.8) is 0 Å². The molecule has 1 aromatic carbocycles. The van der Waals surface area contributed by atoms with E-state index in [0.29, 0.717) is 11.1 Å². The van der Waals surface area contributed by atoms with Gasteiger partial charge in [0.2, 0.25) is 0 Å². The van der Waals surface area contributed by atoms with Crippen LogP contribution >= 0.6 is 0 Å². The molecule has 0 saturated heterocycles. The van der Waals surface area contributed by atoms with Crippen molar-refractivity contribution in [1.29, 1.82) is 0 Å². The number of carbonyl (C=O) groups is 1. The van der Waals surface area contributed by atoms with Gasteiger partial charge in [0, 0.05) is 23.2 Å². The van der Waals surface area contributed by atoms with Crippen molar-refractivity contribution in [2.75, 3.05) is 0 Å². The summed E-state index contributed by atoms with van der Waals surface area (Å²) in [6, 6.07) is 4.85. The van der Waals surface area contributed by atoms with Gasteiger partial charge < -0.3 is 5.32 Å². The third-order valence-corrected chi connectivity index (χ3v) is 7.10. The highest BCUT2D eigenvalue weighted by Crippen LogP contribution is 2.61. The van der Waals surface area contributed by atoms with Crippen LogP contribution in [0.3, 0.4) is 0 Å². The van der Waals surface area contributed by atoms with E-state index in [4.69, 9.17) is 0 Å². The first kappa shape index (κ1) is 16.6. The number of nitrogens with zero attached hydrogens (tertiary/aromatic N) is 1. The number of rotatable bonds is 4. The van der Waals surface area contributed by atoms with Crippen molar-refractivity contribution in [2.45, 2.75) is 58.4 Å². The number of hydrogen-bond donors (Lipinski definition) is 1. The zero-order valence-electron chi connectivity index (χ0n) is 15.0. The quantitative estimate of drug-likeness (QED) is 0.657. The smallest absolute Gasteiger partial charge is 0.273 e. The molecule has 0 spiro atoms. The maximum Gasteiger partial charge on any atom is 0.273 e. The third-order valence-electron chi connectivity index (χ3n) is 7.10. The molecule has 5 nitrogen and oxygen atoms in total. The molecule has 5 heteroatoms. The predicted octanol–water partition coefficient (Wildman–Crippen LogP) is 4.24. The van der Waals surface area contributed by atoms with Crippen molar-refractivity contribution in [3.8, 4) is 0 Å². The van der Waals surface area contributed by atoms with Crippen molar-refractivity contribution in [2.24, 2.45) is 23.2 Å². The van der Waals surface area contributed by atoms with E-state index in [1.54, 1.807) is 19.1 Å². The second-order valence-corrected chi connectivity index (χ2v) is 8.68. The third kappa shape index (κ3) is 2.74. The van der Waals surface area contributed by atoms with Gasteiger partial charge in [-0.2, -0.15) is 0 Å². The second kappa shape index (κ2) is 5.82. The number of amides is 1. The molecule has 1 aromatic rings. The average Bonchev–Trinajstić information content (AvgIpc) is 2.53. The van der Waals surface area contributed by atoms with Crippen LogP contribution in [0, 0.1) is 40.2 Å². The molecule has 4 bridgehead atoms. The zero-order valence-corrected chi connectivity index (χ0v) is 15.0. The predicted molar refractivity (Wildman–Crippen MR) is 95.4 cm³/mol. The molecule has 4 aliphatic rings. The molecule has 0 heterocycles. The fourth-order valence-corrected chi connectivity index (χ4v) is 6.20. The lowest BCUT2D eigenvalue weighted by molar-refractivity contribution is -0.385. The maximum absolute atomic E-state index is 12.8. The van der Waals surface area contributed by atoms with Crippen molar-refractivity contribution in [3.05, 3.63) is 39.4 Å². The van der Waals surface area contributed by atoms with Gasteiger partial charge in [0.25, 0.3) is 11.6 Å². The van der Waals surface area contributed by atoms with Gasteiger partial charge in [0.15, 0.2) is 0 Å². The Bertz CT molecular complexity index is 692. The number of nitro benzene ring substituents is 1. The standard InChI is InChI=1S/C20H26N2O3/c1-12-17(4-3-5-18(12)22(24)25)19(23)21-13(2)20-9-14-6-15(10-20)8-16(7-14)11-20/h3-5,13-16H,6-11H2,1-2H3,(H,21,23). The molecule has 25 heavy (non-hydrogen) atoms. The molecule has 0 radical (unpaired) electrons. The zero-order chi connectivity index (χ0) is 17.8. The Balaban J connectivity index is 1.54. The van der Waals surface area contributed by atoms with Gasteiger partial charge in [-0.15, -0.1) is 0 Å². The summed E-state index contributed by atoms with van der Waals surface area (Å²) in [6.45, 7) is 3.79. The minimum atomic E-state index is -0.422. The summed E-state index contributed by atoms with van der Waals surface area (Å²) < 4.78 is 0. The van der Waals surface area contributed by atoms with E-state index in [1.165, 1.54) is 44.6 Å². The summed E-state index contributed by atoms with van der Waals surface area (Å²) in [6.07, 6.45) is 7.83. The highest BCUT2D eigenvalue weighted by Gasteiger charge is 2.53. The Morgan fingerprint density at radius 1 is 1.20 bits per heavy atom. The van der Waals surface area contributed by atoms with Crippen LogP contribution in [0.1, 0.15) is 61.4 Å². The van der Waals surface area contributed by atoms with Crippen LogP contribution in [0.15, 0.2) is 18.2 Å². The Kier molecular flexibility index (Phi) is 3.85. The van der Waals surface area contributed by atoms with Crippen LogP contribution in [0.4, 0.5) is 5.69 Å². The Morgan fingerprint density at radius 2 is 1.76 bits per heavy atom. The number of carbonyl (C=O) groups excluding carboxylic acids is 1. The Hall–Kier alpha value is -1.91. The summed E-state index contributed by atoms with van der Waals surface area (Å²) in [5.41, 5.74) is 1.11. The molecule has 4 fully saturated rings. The van der Waals surface area contributed by atoms with Crippen molar-refractivity contribution in [1.82, 2.24) is 5.32 Å². The molecular formula is C20H26N2O3. The number of hydrogen-bond acceptors (Lipinski definition) is 3. The molecule has 134 valence electrons. The van der Waals surface area contributed by atoms with Crippen LogP contribution in [-0.4, -0.2) is 16.9 Å². The lowest BCUT2D eigenvalue weighted by Crippen LogP contribution is -2.55. The van der Waals surface area contributed by atoms with Gasteiger partial charge in [-0.1, -0.05) is 6.07 Å². The van der Waals surface area contributed by atoms with Gasteiger partial charge in [0.1, 0.15) is 0 Å². The molecule has 4 saturated carbocycles. The van der Waals surface area contributed by atoms with Gasteiger partial charge in [0.05, 0.1) is 4.92 Å². The van der Waals surface area contributed by atoms with E-state index in [2.05, 4.69) is 12.2 Å². The monoisotopic (exact) mass is 342 g/mol. The molecule has 1 N–H and O–H groups in total. The van der Waals surface area contributed by atoms with Crippen LogP contribution in [-0.2, 0) is 0 Å². The molecular weight excluding hydrogens is 316 g/mol. The van der Waals surface area contributed by atoms with Crippen LogP contribution in [0.2, 0.25) is 0 Å². The van der Waals surface area contributed by atoms with Gasteiger partial charge in [-0.05, 0) is 81.6 Å². The van der Waals surface area contributed by atoms with Gasteiger partial charge >= 0.3 is 0 Å². The minimum absolute atomic E-state index is 0.00936. The summed E-state index contributed by atoms with van der Waals surface area (Å²) >= 11 is 0. The Morgan fingerprint density at radius 3 is 2.28 bits per heavy atom. The van der Waals surface area contributed by atoms with Gasteiger partial charge in [-0.25, -0.2) is 0 Å². The molecule has 5 rings (SSSR count). The van der Waals surface area contributed by atoms with E-state index in [0.717, 1.165) is 17.8 Å². The maximum atomic E-state index is 12.8. The fraction of sp³-hybridized carbons (Fsp3) is 0.650. The average molecular weight is 342 g/mol. The first-order valence-corrected chi connectivity index (χ1v) is 9.43. The normalized spacial score (nSPS) is 33.9. The van der Waals surface area contributed by atoms with E-state index in [-0.39, 0.29) is 23.1 Å². The molecule has 0 aromatic heterocycles. The number of benzene rings is 1. The minimum Gasteiger partial charge on any atom is -0.349 e. The molecule has 1 amide bonds. The molecule has 1 atom stereocenters. The summed E-state index contributed by atoms with van der Waals surface area (Å²) in [5, 5.41) is 14.3.